The van der Waals surface area contributed by atoms with Crippen molar-refractivity contribution in [3.8, 4) is 0 Å². The molecule has 0 heterocycles. The van der Waals surface area contributed by atoms with E-state index in [1.807, 2.05) is 0 Å². The lowest BCUT2D eigenvalue weighted by Crippen LogP contribution is -2.40. The summed E-state index contributed by atoms with van der Waals surface area (Å²) < 4.78 is 4.86. The smallest absolute Gasteiger partial charge is 0.328 e. The summed E-state index contributed by atoms with van der Waals surface area (Å²) in [6, 6.07) is 12.7. The van der Waals surface area contributed by atoms with Crippen molar-refractivity contribution in [3.05, 3.63) is 70.3 Å². The molecule has 2 rings (SSSR count). The second-order valence-electron chi connectivity index (χ2n) is 5.52. The van der Waals surface area contributed by atoms with Crippen LogP contribution in [0, 0.1) is 10.1 Å². The summed E-state index contributed by atoms with van der Waals surface area (Å²) in [5.74, 6) is -2.00. The molecule has 0 radical (unpaired) electrons. The van der Waals surface area contributed by atoms with Crippen LogP contribution in [0.2, 0.25) is 0 Å². The van der Waals surface area contributed by atoms with Gasteiger partial charge >= 0.3 is 5.97 Å². The largest absolute Gasteiger partial charge is 0.454 e. The highest BCUT2D eigenvalue weighted by Crippen LogP contribution is 2.13. The van der Waals surface area contributed by atoms with Crippen molar-refractivity contribution in [2.75, 3.05) is 11.9 Å². The standard InChI is InChI=1S/C18H17N3O6/c1-12(19-17(23)13-6-5-9-15(10-13)21(25)26)18(24)27-11-16(22)20-14-7-3-2-4-8-14/h2-10,12H,11H2,1H3,(H,19,23)(H,20,22)/t12-/m0/s1. The number of rotatable bonds is 7. The highest BCUT2D eigenvalue weighted by molar-refractivity contribution is 5.97. The number of nitrogens with zero attached hydrogens (tertiary/aromatic N) is 1. The second-order valence-corrected chi connectivity index (χ2v) is 5.52. The number of amides is 2. The van der Waals surface area contributed by atoms with Crippen LogP contribution in [0.5, 0.6) is 0 Å². The molecule has 140 valence electrons. The van der Waals surface area contributed by atoms with E-state index in [4.69, 9.17) is 4.74 Å². The minimum Gasteiger partial charge on any atom is -0.454 e. The Bertz CT molecular complexity index is 853. The number of carbonyl (C=O) groups excluding carboxylic acids is 3. The minimum atomic E-state index is -1.04. The summed E-state index contributed by atoms with van der Waals surface area (Å²) in [5.41, 5.74) is 0.353. The van der Waals surface area contributed by atoms with Gasteiger partial charge in [0.25, 0.3) is 17.5 Å². The van der Waals surface area contributed by atoms with E-state index in [0.29, 0.717) is 5.69 Å². The Balaban J connectivity index is 1.84. The third kappa shape index (κ3) is 5.92. The molecular weight excluding hydrogens is 354 g/mol. The van der Waals surface area contributed by atoms with E-state index < -0.39 is 35.4 Å². The van der Waals surface area contributed by atoms with Crippen LogP contribution < -0.4 is 10.6 Å². The summed E-state index contributed by atoms with van der Waals surface area (Å²) >= 11 is 0. The fourth-order valence-electron chi connectivity index (χ4n) is 2.08. The normalized spacial score (nSPS) is 11.1. The number of nitro benzene ring substituents is 1. The Hall–Kier alpha value is -3.75. The maximum atomic E-state index is 12.1. The van der Waals surface area contributed by atoms with Gasteiger partial charge in [0.05, 0.1) is 4.92 Å². The molecular formula is C18H17N3O6. The molecule has 2 aromatic carbocycles. The lowest BCUT2D eigenvalue weighted by Gasteiger charge is -2.13. The summed E-state index contributed by atoms with van der Waals surface area (Å²) in [7, 11) is 0. The van der Waals surface area contributed by atoms with Gasteiger partial charge in [0, 0.05) is 23.4 Å². The number of non-ortho nitro benzene ring substituents is 1. The SMILES string of the molecule is C[C@H](NC(=O)c1cccc([N+](=O)[O-])c1)C(=O)OCC(=O)Nc1ccccc1. The zero-order valence-corrected chi connectivity index (χ0v) is 14.4. The van der Waals surface area contributed by atoms with E-state index >= 15 is 0 Å². The Morgan fingerprint density at radius 1 is 1.11 bits per heavy atom. The first-order chi connectivity index (χ1) is 12.9. The molecule has 2 amide bonds. The number of carbonyl (C=O) groups is 3. The van der Waals surface area contributed by atoms with Crippen LogP contribution in [0.4, 0.5) is 11.4 Å². The molecule has 0 aliphatic carbocycles. The summed E-state index contributed by atoms with van der Waals surface area (Å²) in [6.45, 7) is 0.872. The van der Waals surface area contributed by atoms with Crippen molar-refractivity contribution in [2.24, 2.45) is 0 Å². The molecule has 0 unspecified atom stereocenters. The first-order valence-electron chi connectivity index (χ1n) is 7.93. The molecule has 0 bridgehead atoms. The molecule has 0 spiro atoms. The van der Waals surface area contributed by atoms with Gasteiger partial charge in [-0.25, -0.2) is 4.79 Å². The molecule has 0 aromatic heterocycles. The fraction of sp³-hybridized carbons (Fsp3) is 0.167. The van der Waals surface area contributed by atoms with E-state index in [2.05, 4.69) is 10.6 Å². The van der Waals surface area contributed by atoms with Crippen LogP contribution >= 0.6 is 0 Å². The van der Waals surface area contributed by atoms with Crippen LogP contribution in [0.15, 0.2) is 54.6 Å². The lowest BCUT2D eigenvalue weighted by molar-refractivity contribution is -0.384. The average molecular weight is 371 g/mol. The van der Waals surface area contributed by atoms with Crippen LogP contribution in [-0.4, -0.2) is 35.4 Å². The van der Waals surface area contributed by atoms with Crippen LogP contribution in [-0.2, 0) is 14.3 Å². The van der Waals surface area contributed by atoms with Gasteiger partial charge in [-0.05, 0) is 25.1 Å². The van der Waals surface area contributed by atoms with Crippen molar-refractivity contribution in [3.63, 3.8) is 0 Å². The van der Waals surface area contributed by atoms with E-state index in [1.54, 1.807) is 30.3 Å². The Labute approximate surface area is 154 Å². The van der Waals surface area contributed by atoms with Crippen LogP contribution in [0.25, 0.3) is 0 Å². The summed E-state index contributed by atoms with van der Waals surface area (Å²) in [5, 5.41) is 15.7. The topological polar surface area (TPSA) is 128 Å². The zero-order chi connectivity index (χ0) is 19.8. The fourth-order valence-corrected chi connectivity index (χ4v) is 2.08. The number of nitrogens with one attached hydrogen (secondary N) is 2. The molecule has 2 N–H and O–H groups in total. The molecule has 9 heteroatoms. The number of ether oxygens (including phenoxy) is 1. The molecule has 9 nitrogen and oxygen atoms in total. The van der Waals surface area contributed by atoms with Crippen molar-refractivity contribution < 1.29 is 24.0 Å². The highest BCUT2D eigenvalue weighted by atomic mass is 16.6. The van der Waals surface area contributed by atoms with Crippen molar-refractivity contribution in [2.45, 2.75) is 13.0 Å². The molecule has 0 saturated heterocycles. The number of benzene rings is 2. The van der Waals surface area contributed by atoms with Gasteiger partial charge in [-0.1, -0.05) is 24.3 Å². The molecule has 0 fully saturated rings. The monoisotopic (exact) mass is 371 g/mol. The molecule has 0 saturated carbocycles. The molecule has 2 aromatic rings. The van der Waals surface area contributed by atoms with Crippen LogP contribution in [0.1, 0.15) is 17.3 Å². The maximum absolute atomic E-state index is 12.1. The van der Waals surface area contributed by atoms with E-state index in [-0.39, 0.29) is 11.3 Å². The number of para-hydroxylation sites is 1. The second kappa shape index (κ2) is 9.09. The van der Waals surface area contributed by atoms with Gasteiger partial charge in [0.15, 0.2) is 6.61 Å². The molecule has 1 atom stereocenters. The first-order valence-corrected chi connectivity index (χ1v) is 7.93. The molecule has 0 aliphatic heterocycles. The number of nitro groups is 1. The summed E-state index contributed by atoms with van der Waals surface area (Å²) in [6.07, 6.45) is 0. The van der Waals surface area contributed by atoms with E-state index in [9.17, 15) is 24.5 Å². The first kappa shape index (κ1) is 19.6. The van der Waals surface area contributed by atoms with Gasteiger partial charge in [-0.3, -0.25) is 19.7 Å². The maximum Gasteiger partial charge on any atom is 0.328 e. The minimum absolute atomic E-state index is 0.0330. The molecule has 27 heavy (non-hydrogen) atoms. The number of hydrogen-bond donors (Lipinski definition) is 2. The van der Waals surface area contributed by atoms with Crippen LogP contribution in [0.3, 0.4) is 0 Å². The van der Waals surface area contributed by atoms with E-state index in [1.165, 1.54) is 25.1 Å². The number of esters is 1. The highest BCUT2D eigenvalue weighted by Gasteiger charge is 2.20. The van der Waals surface area contributed by atoms with Gasteiger partial charge in [-0.15, -0.1) is 0 Å². The Morgan fingerprint density at radius 3 is 2.48 bits per heavy atom. The average Bonchev–Trinajstić information content (AvgIpc) is 2.66. The van der Waals surface area contributed by atoms with Crippen molar-refractivity contribution in [1.82, 2.24) is 5.32 Å². The zero-order valence-electron chi connectivity index (χ0n) is 14.4. The number of anilines is 1. The lowest BCUT2D eigenvalue weighted by atomic mass is 10.2. The molecule has 0 aliphatic rings. The predicted octanol–water partition coefficient (Wildman–Crippen LogP) is 1.90. The van der Waals surface area contributed by atoms with Gasteiger partial charge in [0.2, 0.25) is 0 Å². The number of hydrogen-bond acceptors (Lipinski definition) is 6. The Morgan fingerprint density at radius 2 is 1.81 bits per heavy atom. The van der Waals surface area contributed by atoms with Crippen molar-refractivity contribution >= 4 is 29.2 Å². The van der Waals surface area contributed by atoms with Gasteiger partial charge in [-0.2, -0.15) is 0 Å². The predicted molar refractivity (Wildman–Crippen MR) is 96.1 cm³/mol. The van der Waals surface area contributed by atoms with Gasteiger partial charge < -0.3 is 15.4 Å². The van der Waals surface area contributed by atoms with Gasteiger partial charge in [0.1, 0.15) is 6.04 Å². The third-order valence-electron chi connectivity index (χ3n) is 3.42. The quantitative estimate of drug-likeness (QED) is 0.435. The summed E-state index contributed by atoms with van der Waals surface area (Å²) in [4.78, 5) is 45.9. The third-order valence-corrected chi connectivity index (χ3v) is 3.42. The van der Waals surface area contributed by atoms with E-state index in [0.717, 1.165) is 6.07 Å². The Kier molecular flexibility index (Phi) is 6.59. The van der Waals surface area contributed by atoms with Crippen molar-refractivity contribution in [1.29, 1.82) is 0 Å².